The van der Waals surface area contributed by atoms with Crippen molar-refractivity contribution < 1.29 is 8.42 Å². The lowest BCUT2D eigenvalue weighted by Crippen LogP contribution is -2.06. The largest absolute Gasteiger partial charge is 0.396 e. The number of nitrogen functional groups attached to an aromatic ring is 1. The van der Waals surface area contributed by atoms with Crippen LogP contribution in [-0.4, -0.2) is 19.2 Å². The number of nitrogens with zero attached hydrogens (tertiary/aromatic N) is 1. The SMILES string of the molecule is CCCCS(=O)(=O)c1sc2nc(-c3ccccc3)cc(-c3ccccc3)c2c1N. The van der Waals surface area contributed by atoms with Gasteiger partial charge in [0.05, 0.1) is 17.1 Å². The van der Waals surface area contributed by atoms with Gasteiger partial charge in [0.2, 0.25) is 0 Å². The highest BCUT2D eigenvalue weighted by Gasteiger charge is 2.25. The van der Waals surface area contributed by atoms with Crippen molar-refractivity contribution >= 4 is 37.1 Å². The molecule has 6 heteroatoms. The van der Waals surface area contributed by atoms with Crippen molar-refractivity contribution in [2.75, 3.05) is 11.5 Å². The summed E-state index contributed by atoms with van der Waals surface area (Å²) in [4.78, 5) is 5.43. The first-order valence-electron chi connectivity index (χ1n) is 9.58. The fourth-order valence-corrected chi connectivity index (χ4v) is 6.50. The molecule has 2 aromatic carbocycles. The van der Waals surface area contributed by atoms with Crippen LogP contribution in [0.4, 0.5) is 5.69 Å². The van der Waals surface area contributed by atoms with Crippen molar-refractivity contribution in [1.29, 1.82) is 0 Å². The normalized spacial score (nSPS) is 11.8. The molecule has 0 aliphatic rings. The number of pyridine rings is 1. The zero-order valence-electron chi connectivity index (χ0n) is 16.1. The molecule has 2 N–H and O–H groups in total. The van der Waals surface area contributed by atoms with Crippen LogP contribution in [0.25, 0.3) is 32.6 Å². The Morgan fingerprint density at radius 3 is 2.21 bits per heavy atom. The molecule has 0 saturated carbocycles. The molecule has 0 spiro atoms. The molecular formula is C23H22N2O2S2. The van der Waals surface area contributed by atoms with Gasteiger partial charge in [-0.15, -0.1) is 11.3 Å². The van der Waals surface area contributed by atoms with Gasteiger partial charge in [0.1, 0.15) is 9.04 Å². The van der Waals surface area contributed by atoms with Gasteiger partial charge >= 0.3 is 0 Å². The van der Waals surface area contributed by atoms with Gasteiger partial charge in [-0.3, -0.25) is 0 Å². The van der Waals surface area contributed by atoms with Gasteiger partial charge in [-0.05, 0) is 23.6 Å². The van der Waals surface area contributed by atoms with E-state index in [9.17, 15) is 8.42 Å². The number of nitrogens with two attached hydrogens (primary N) is 1. The van der Waals surface area contributed by atoms with Crippen LogP contribution in [0.3, 0.4) is 0 Å². The molecule has 4 nitrogen and oxygen atoms in total. The van der Waals surface area contributed by atoms with E-state index in [2.05, 4.69) is 0 Å². The Labute approximate surface area is 175 Å². The average Bonchev–Trinajstić information content (AvgIpc) is 3.10. The average molecular weight is 423 g/mol. The number of anilines is 1. The predicted octanol–water partition coefficient (Wildman–Crippen LogP) is 5.79. The second-order valence-corrected chi connectivity index (χ2v) is 10.2. The lowest BCUT2D eigenvalue weighted by molar-refractivity contribution is 0.595. The molecule has 0 amide bonds. The van der Waals surface area contributed by atoms with Crippen LogP contribution >= 0.6 is 11.3 Å². The number of sulfone groups is 1. The van der Waals surface area contributed by atoms with Crippen molar-refractivity contribution in [3.63, 3.8) is 0 Å². The molecule has 29 heavy (non-hydrogen) atoms. The summed E-state index contributed by atoms with van der Waals surface area (Å²) in [5.41, 5.74) is 10.4. The van der Waals surface area contributed by atoms with E-state index in [0.717, 1.165) is 34.2 Å². The molecule has 4 rings (SSSR count). The van der Waals surface area contributed by atoms with E-state index in [1.807, 2.05) is 73.7 Å². The Hall–Kier alpha value is -2.70. The van der Waals surface area contributed by atoms with E-state index in [-0.39, 0.29) is 9.96 Å². The van der Waals surface area contributed by atoms with Crippen LogP contribution in [0.15, 0.2) is 70.9 Å². The van der Waals surface area contributed by atoms with E-state index < -0.39 is 9.84 Å². The molecule has 0 atom stereocenters. The Balaban J connectivity index is 2.00. The van der Waals surface area contributed by atoms with Crippen LogP contribution in [0.5, 0.6) is 0 Å². The minimum absolute atomic E-state index is 0.104. The fraction of sp³-hybridized carbons (Fsp3) is 0.174. The van der Waals surface area contributed by atoms with Gasteiger partial charge in [0.25, 0.3) is 0 Å². The van der Waals surface area contributed by atoms with Crippen LogP contribution in [0.2, 0.25) is 0 Å². The number of rotatable bonds is 6. The molecule has 0 saturated heterocycles. The number of benzene rings is 2. The number of thiophene rings is 1. The summed E-state index contributed by atoms with van der Waals surface area (Å²) in [6.45, 7) is 1.98. The lowest BCUT2D eigenvalue weighted by atomic mass is 10.00. The standard InChI is InChI=1S/C23H22N2O2S2/c1-2-3-14-29(26,27)23-21(24)20-18(16-10-6-4-7-11-16)15-19(25-22(20)28-23)17-12-8-5-9-13-17/h4-13,15H,2-3,14,24H2,1H3. The molecule has 2 heterocycles. The molecule has 0 fully saturated rings. The van der Waals surface area contributed by atoms with E-state index in [4.69, 9.17) is 10.7 Å². The highest BCUT2D eigenvalue weighted by Crippen LogP contribution is 2.43. The molecule has 0 bridgehead atoms. The van der Waals surface area contributed by atoms with Gasteiger partial charge in [-0.2, -0.15) is 0 Å². The van der Waals surface area contributed by atoms with Gasteiger partial charge in [0.15, 0.2) is 9.84 Å². The summed E-state index contributed by atoms with van der Waals surface area (Å²) in [7, 11) is -3.44. The number of hydrogen-bond donors (Lipinski definition) is 1. The Kier molecular flexibility index (Phi) is 5.39. The number of aromatic nitrogens is 1. The third-order valence-corrected chi connectivity index (χ3v) is 8.39. The summed E-state index contributed by atoms with van der Waals surface area (Å²) in [5, 5.41) is 0.718. The molecule has 0 aliphatic heterocycles. The first kappa shape index (κ1) is 19.6. The van der Waals surface area contributed by atoms with Gasteiger partial charge in [-0.1, -0.05) is 74.0 Å². The molecule has 0 radical (unpaired) electrons. The Bertz CT molecular complexity index is 1250. The number of hydrogen-bond acceptors (Lipinski definition) is 5. The van der Waals surface area contributed by atoms with Crippen LogP contribution < -0.4 is 5.73 Å². The fourth-order valence-electron chi connectivity index (χ4n) is 3.36. The molecule has 0 unspecified atom stereocenters. The first-order valence-corrected chi connectivity index (χ1v) is 12.0. The summed E-state index contributed by atoms with van der Waals surface area (Å²) in [6, 6.07) is 21.8. The van der Waals surface area contributed by atoms with Crippen LogP contribution in [0, 0.1) is 0 Å². The lowest BCUT2D eigenvalue weighted by Gasteiger charge is -2.09. The second-order valence-electron chi connectivity index (χ2n) is 6.94. The minimum Gasteiger partial charge on any atom is -0.396 e. The predicted molar refractivity (Wildman–Crippen MR) is 122 cm³/mol. The molecule has 2 aromatic heterocycles. The highest BCUT2D eigenvalue weighted by atomic mass is 32.2. The van der Waals surface area contributed by atoms with Crippen molar-refractivity contribution in [3.05, 3.63) is 66.7 Å². The number of fused-ring (bicyclic) bond motifs is 1. The maximum Gasteiger partial charge on any atom is 0.189 e. The second kappa shape index (κ2) is 7.97. The summed E-state index contributed by atoms with van der Waals surface area (Å²) in [5.74, 6) is 0.104. The zero-order valence-corrected chi connectivity index (χ0v) is 17.8. The topological polar surface area (TPSA) is 73.0 Å². The maximum atomic E-state index is 12.9. The van der Waals surface area contributed by atoms with Gasteiger partial charge < -0.3 is 5.73 Å². The summed E-state index contributed by atoms with van der Waals surface area (Å²) in [6.07, 6.45) is 1.43. The maximum absolute atomic E-state index is 12.9. The quantitative estimate of drug-likeness (QED) is 0.427. The third-order valence-electron chi connectivity index (χ3n) is 4.87. The molecule has 0 aliphatic carbocycles. The summed E-state index contributed by atoms with van der Waals surface area (Å²) < 4.78 is 26.0. The smallest absolute Gasteiger partial charge is 0.189 e. The Morgan fingerprint density at radius 2 is 1.59 bits per heavy atom. The van der Waals surface area contributed by atoms with E-state index >= 15 is 0 Å². The first-order chi connectivity index (χ1) is 14.0. The van der Waals surface area contributed by atoms with Crippen molar-refractivity contribution in [2.24, 2.45) is 0 Å². The van der Waals surface area contributed by atoms with E-state index in [1.54, 1.807) is 0 Å². The van der Waals surface area contributed by atoms with Gasteiger partial charge in [0, 0.05) is 10.9 Å². The summed E-state index contributed by atoms with van der Waals surface area (Å²) >= 11 is 1.17. The van der Waals surface area contributed by atoms with Crippen LogP contribution in [-0.2, 0) is 9.84 Å². The van der Waals surface area contributed by atoms with Crippen molar-refractivity contribution in [3.8, 4) is 22.4 Å². The van der Waals surface area contributed by atoms with E-state index in [0.29, 0.717) is 16.9 Å². The zero-order chi connectivity index (χ0) is 20.4. The van der Waals surface area contributed by atoms with Crippen molar-refractivity contribution in [2.45, 2.75) is 24.0 Å². The van der Waals surface area contributed by atoms with E-state index in [1.165, 1.54) is 11.3 Å². The van der Waals surface area contributed by atoms with Gasteiger partial charge in [-0.25, -0.2) is 13.4 Å². The molecule has 4 aromatic rings. The van der Waals surface area contributed by atoms with Crippen LogP contribution in [0.1, 0.15) is 19.8 Å². The molecule has 148 valence electrons. The molecular weight excluding hydrogens is 400 g/mol. The highest BCUT2D eigenvalue weighted by molar-refractivity contribution is 7.93. The number of unbranched alkanes of at least 4 members (excludes halogenated alkanes) is 1. The Morgan fingerprint density at radius 1 is 0.966 bits per heavy atom. The third kappa shape index (κ3) is 3.78. The monoisotopic (exact) mass is 422 g/mol. The minimum atomic E-state index is -3.44. The van der Waals surface area contributed by atoms with Crippen molar-refractivity contribution in [1.82, 2.24) is 4.98 Å².